The number of hydrogen-bond acceptors (Lipinski definition) is 2. The summed E-state index contributed by atoms with van der Waals surface area (Å²) in [4.78, 5) is 0. The summed E-state index contributed by atoms with van der Waals surface area (Å²) in [5.41, 5.74) is 3.07. The van der Waals surface area contributed by atoms with Crippen LogP contribution < -0.4 is 0 Å². The van der Waals surface area contributed by atoms with Gasteiger partial charge in [-0.2, -0.15) is 11.3 Å². The molecule has 0 aliphatic carbocycles. The van der Waals surface area contributed by atoms with Gasteiger partial charge in [0.2, 0.25) is 0 Å². The lowest BCUT2D eigenvalue weighted by Crippen LogP contribution is -1.98. The fourth-order valence-electron chi connectivity index (χ4n) is 1.41. The quantitative estimate of drug-likeness (QED) is 0.886. The van der Waals surface area contributed by atoms with E-state index in [1.165, 1.54) is 5.56 Å². The van der Waals surface area contributed by atoms with Crippen LogP contribution in [0.4, 0.5) is 0 Å². The van der Waals surface area contributed by atoms with Gasteiger partial charge in [0.15, 0.2) is 0 Å². The zero-order valence-electron chi connectivity index (χ0n) is 8.27. The number of aliphatic hydroxyl groups is 1. The summed E-state index contributed by atoms with van der Waals surface area (Å²) in [6.07, 6.45) is -0.536. The van der Waals surface area contributed by atoms with E-state index < -0.39 is 6.10 Å². The molecule has 0 saturated heterocycles. The van der Waals surface area contributed by atoms with Crippen molar-refractivity contribution < 1.29 is 5.11 Å². The summed E-state index contributed by atoms with van der Waals surface area (Å²) in [7, 11) is 0. The number of rotatable bonds is 2. The van der Waals surface area contributed by atoms with E-state index in [0.29, 0.717) is 0 Å². The zero-order valence-corrected chi connectivity index (χ0v) is 10.7. The molecule has 1 N–H and O–H groups in total. The van der Waals surface area contributed by atoms with E-state index >= 15 is 0 Å². The first-order valence-electron chi connectivity index (χ1n) is 4.64. The highest BCUT2D eigenvalue weighted by atomic mass is 79.9. The first-order valence-corrected chi connectivity index (χ1v) is 6.38. The minimum absolute atomic E-state index is 0.536. The van der Waals surface area contributed by atoms with Gasteiger partial charge in [-0.25, -0.2) is 0 Å². The van der Waals surface area contributed by atoms with E-state index in [1.807, 2.05) is 41.9 Å². The SMILES string of the molecule is Cc1ccc(C(O)c2cscc2Br)cc1. The molecule has 0 spiro atoms. The van der Waals surface area contributed by atoms with Crippen LogP contribution in [0.15, 0.2) is 39.5 Å². The summed E-state index contributed by atoms with van der Waals surface area (Å²) in [6.45, 7) is 2.04. The maximum Gasteiger partial charge on any atom is 0.106 e. The van der Waals surface area contributed by atoms with Crippen molar-refractivity contribution in [1.82, 2.24) is 0 Å². The minimum atomic E-state index is -0.536. The molecule has 1 atom stereocenters. The van der Waals surface area contributed by atoms with Gasteiger partial charge in [-0.3, -0.25) is 0 Å². The molecule has 1 heterocycles. The van der Waals surface area contributed by atoms with E-state index in [4.69, 9.17) is 0 Å². The Hall–Kier alpha value is -0.640. The molecule has 1 aromatic heterocycles. The van der Waals surface area contributed by atoms with Crippen molar-refractivity contribution >= 4 is 27.3 Å². The lowest BCUT2D eigenvalue weighted by molar-refractivity contribution is 0.220. The summed E-state index contributed by atoms with van der Waals surface area (Å²) in [5, 5.41) is 14.1. The van der Waals surface area contributed by atoms with Crippen LogP contribution in [0.2, 0.25) is 0 Å². The zero-order chi connectivity index (χ0) is 10.8. The van der Waals surface area contributed by atoms with Gasteiger partial charge in [-0.05, 0) is 33.8 Å². The molecule has 1 nitrogen and oxygen atoms in total. The van der Waals surface area contributed by atoms with Crippen LogP contribution in [-0.4, -0.2) is 5.11 Å². The maximum absolute atomic E-state index is 10.1. The Balaban J connectivity index is 2.32. The fourth-order valence-corrected chi connectivity index (χ4v) is 2.95. The topological polar surface area (TPSA) is 20.2 Å². The third kappa shape index (κ3) is 2.30. The molecule has 3 heteroatoms. The number of halogens is 1. The first kappa shape index (κ1) is 10.9. The third-order valence-electron chi connectivity index (χ3n) is 2.33. The average molecular weight is 283 g/mol. The van der Waals surface area contributed by atoms with Crippen LogP contribution in [0.25, 0.3) is 0 Å². The van der Waals surface area contributed by atoms with Gasteiger partial charge in [0.25, 0.3) is 0 Å². The highest BCUT2D eigenvalue weighted by molar-refractivity contribution is 9.10. The monoisotopic (exact) mass is 282 g/mol. The number of thiophene rings is 1. The third-order valence-corrected chi connectivity index (χ3v) is 4.08. The summed E-state index contributed by atoms with van der Waals surface area (Å²) in [5.74, 6) is 0. The normalized spacial score (nSPS) is 12.7. The van der Waals surface area contributed by atoms with E-state index in [0.717, 1.165) is 15.6 Å². The van der Waals surface area contributed by atoms with Gasteiger partial charge >= 0.3 is 0 Å². The molecule has 0 amide bonds. The largest absolute Gasteiger partial charge is 0.384 e. The molecular formula is C12H11BrOS. The van der Waals surface area contributed by atoms with Crippen LogP contribution in [-0.2, 0) is 0 Å². The number of aryl methyl sites for hydroxylation is 1. The Kier molecular flexibility index (Phi) is 3.24. The predicted octanol–water partition coefficient (Wildman–Crippen LogP) is 3.90. The van der Waals surface area contributed by atoms with Gasteiger partial charge in [0, 0.05) is 15.4 Å². The Morgan fingerprint density at radius 3 is 2.40 bits per heavy atom. The van der Waals surface area contributed by atoms with E-state index in [1.54, 1.807) is 11.3 Å². The first-order chi connectivity index (χ1) is 7.18. The molecule has 0 aliphatic rings. The second kappa shape index (κ2) is 4.47. The van der Waals surface area contributed by atoms with Crippen molar-refractivity contribution in [2.75, 3.05) is 0 Å². The van der Waals surface area contributed by atoms with Crippen molar-refractivity contribution in [3.8, 4) is 0 Å². The summed E-state index contributed by atoms with van der Waals surface area (Å²) in [6, 6.07) is 7.95. The Labute approximate surface area is 102 Å². The van der Waals surface area contributed by atoms with Crippen LogP contribution in [0.3, 0.4) is 0 Å². The second-order valence-electron chi connectivity index (χ2n) is 3.49. The smallest absolute Gasteiger partial charge is 0.106 e. The molecule has 2 aromatic rings. The highest BCUT2D eigenvalue weighted by Crippen LogP contribution is 2.31. The Morgan fingerprint density at radius 2 is 1.87 bits per heavy atom. The standard InChI is InChI=1S/C12H11BrOS/c1-8-2-4-9(5-3-8)12(14)10-6-15-7-11(10)13/h2-7,12,14H,1H3. The molecule has 0 fully saturated rings. The molecule has 0 saturated carbocycles. The van der Waals surface area contributed by atoms with Gasteiger partial charge in [-0.15, -0.1) is 0 Å². The molecule has 2 rings (SSSR count). The van der Waals surface area contributed by atoms with Gasteiger partial charge < -0.3 is 5.11 Å². The lowest BCUT2D eigenvalue weighted by atomic mass is 10.0. The molecule has 15 heavy (non-hydrogen) atoms. The maximum atomic E-state index is 10.1. The van der Waals surface area contributed by atoms with Gasteiger partial charge in [0.1, 0.15) is 6.10 Å². The average Bonchev–Trinajstić information content (AvgIpc) is 2.65. The van der Waals surface area contributed by atoms with Crippen LogP contribution >= 0.6 is 27.3 Å². The Bertz CT molecular complexity index is 447. The summed E-state index contributed by atoms with van der Waals surface area (Å²) >= 11 is 5.01. The van der Waals surface area contributed by atoms with Crippen LogP contribution in [0.1, 0.15) is 22.8 Å². The molecule has 0 aliphatic heterocycles. The van der Waals surface area contributed by atoms with Gasteiger partial charge in [-0.1, -0.05) is 29.8 Å². The summed E-state index contributed by atoms with van der Waals surface area (Å²) < 4.78 is 0.973. The van der Waals surface area contributed by atoms with Crippen LogP contribution in [0, 0.1) is 6.92 Å². The van der Waals surface area contributed by atoms with Crippen molar-refractivity contribution in [3.63, 3.8) is 0 Å². The molecule has 0 radical (unpaired) electrons. The van der Waals surface area contributed by atoms with Gasteiger partial charge in [0.05, 0.1) is 0 Å². The lowest BCUT2D eigenvalue weighted by Gasteiger charge is -2.10. The number of hydrogen-bond donors (Lipinski definition) is 1. The molecule has 1 unspecified atom stereocenters. The molecule has 1 aromatic carbocycles. The fraction of sp³-hybridized carbons (Fsp3) is 0.167. The molecular weight excluding hydrogens is 272 g/mol. The van der Waals surface area contributed by atoms with Crippen molar-refractivity contribution in [3.05, 3.63) is 56.2 Å². The van der Waals surface area contributed by atoms with E-state index in [9.17, 15) is 5.11 Å². The van der Waals surface area contributed by atoms with Crippen molar-refractivity contribution in [1.29, 1.82) is 0 Å². The number of aliphatic hydroxyl groups excluding tert-OH is 1. The van der Waals surface area contributed by atoms with Crippen molar-refractivity contribution in [2.24, 2.45) is 0 Å². The number of benzene rings is 1. The second-order valence-corrected chi connectivity index (χ2v) is 5.09. The molecule has 78 valence electrons. The minimum Gasteiger partial charge on any atom is -0.384 e. The highest BCUT2D eigenvalue weighted by Gasteiger charge is 2.13. The molecule has 0 bridgehead atoms. The van der Waals surface area contributed by atoms with Crippen molar-refractivity contribution in [2.45, 2.75) is 13.0 Å². The Morgan fingerprint density at radius 1 is 1.20 bits per heavy atom. The van der Waals surface area contributed by atoms with E-state index in [-0.39, 0.29) is 0 Å². The van der Waals surface area contributed by atoms with E-state index in [2.05, 4.69) is 15.9 Å². The van der Waals surface area contributed by atoms with Crippen LogP contribution in [0.5, 0.6) is 0 Å². The predicted molar refractivity (Wildman–Crippen MR) is 67.3 cm³/mol.